The number of hydrogen-bond acceptors (Lipinski definition) is 6. The fourth-order valence-electron chi connectivity index (χ4n) is 2.57. The Bertz CT molecular complexity index is 765. The third-order valence-electron chi connectivity index (χ3n) is 3.84. The first kappa shape index (κ1) is 17.6. The number of methoxy groups -OCH3 is 1. The normalized spacial score (nSPS) is 16.8. The van der Waals surface area contributed by atoms with Crippen molar-refractivity contribution in [2.24, 2.45) is 0 Å². The maximum absolute atomic E-state index is 12.1. The van der Waals surface area contributed by atoms with Gasteiger partial charge in [-0.05, 0) is 37.1 Å². The number of nitrogens with zero attached hydrogens (tertiary/aromatic N) is 2. The number of rotatable bonds is 7. The van der Waals surface area contributed by atoms with E-state index in [-0.39, 0.29) is 23.5 Å². The van der Waals surface area contributed by atoms with E-state index in [0.29, 0.717) is 17.4 Å². The number of aromatic amines is 1. The molecule has 1 aliphatic heterocycles. The van der Waals surface area contributed by atoms with Gasteiger partial charge in [-0.25, -0.2) is 9.89 Å². The molecule has 3 rings (SSSR count). The molecular weight excluding hydrogens is 344 g/mol. The first-order valence-electron chi connectivity index (χ1n) is 7.99. The van der Waals surface area contributed by atoms with Crippen molar-refractivity contribution in [1.29, 1.82) is 0 Å². The summed E-state index contributed by atoms with van der Waals surface area (Å²) in [6, 6.07) is 7.08. The van der Waals surface area contributed by atoms with E-state index in [1.54, 1.807) is 31.4 Å². The average molecular weight is 364 g/mol. The molecule has 1 aromatic heterocycles. The van der Waals surface area contributed by atoms with E-state index >= 15 is 0 Å². The maximum Gasteiger partial charge on any atom is 0.344 e. The minimum atomic E-state index is -0.284. The molecule has 1 aromatic carbocycles. The molecule has 0 aliphatic carbocycles. The van der Waals surface area contributed by atoms with E-state index in [1.807, 2.05) is 0 Å². The highest BCUT2D eigenvalue weighted by atomic mass is 32.2. The third kappa shape index (κ3) is 4.64. The summed E-state index contributed by atoms with van der Waals surface area (Å²) in [5.41, 5.74) is 0.402. The van der Waals surface area contributed by atoms with Gasteiger partial charge in [0.15, 0.2) is 5.16 Å². The lowest BCUT2D eigenvalue weighted by Gasteiger charge is -2.11. The molecule has 2 aromatic rings. The highest BCUT2D eigenvalue weighted by Gasteiger charge is 2.20. The summed E-state index contributed by atoms with van der Waals surface area (Å²) in [6.45, 7) is 1.18. The highest BCUT2D eigenvalue weighted by molar-refractivity contribution is 7.99. The van der Waals surface area contributed by atoms with Crippen LogP contribution in [0.1, 0.15) is 12.8 Å². The second kappa shape index (κ2) is 8.21. The van der Waals surface area contributed by atoms with Gasteiger partial charge in [0.2, 0.25) is 5.91 Å². The number of carbonyl (C=O) groups is 1. The fraction of sp³-hybridized carbons (Fsp3) is 0.438. The van der Waals surface area contributed by atoms with Crippen LogP contribution in [-0.2, 0) is 16.1 Å². The topological polar surface area (TPSA) is 98.2 Å². The molecule has 1 atom stereocenters. The van der Waals surface area contributed by atoms with Gasteiger partial charge in [-0.2, -0.15) is 0 Å². The van der Waals surface area contributed by atoms with E-state index in [4.69, 9.17) is 9.47 Å². The molecule has 25 heavy (non-hydrogen) atoms. The van der Waals surface area contributed by atoms with Crippen LogP contribution in [0.15, 0.2) is 34.2 Å². The summed E-state index contributed by atoms with van der Waals surface area (Å²) in [4.78, 5) is 24.0. The van der Waals surface area contributed by atoms with Crippen LogP contribution in [0.2, 0.25) is 0 Å². The Labute approximate surface area is 148 Å². The fourth-order valence-corrected chi connectivity index (χ4v) is 3.32. The summed E-state index contributed by atoms with van der Waals surface area (Å²) in [5.74, 6) is 0.707. The number of thioether (sulfide) groups is 1. The molecule has 0 bridgehead atoms. The molecule has 0 radical (unpaired) electrons. The summed E-state index contributed by atoms with van der Waals surface area (Å²) in [5, 5.41) is 9.72. The number of benzene rings is 1. The number of anilines is 1. The van der Waals surface area contributed by atoms with Gasteiger partial charge in [0.05, 0.1) is 25.5 Å². The quantitative estimate of drug-likeness (QED) is 0.723. The standard InChI is InChI=1S/C16H20N4O4S/c1-23-12-6-4-11(5-7-12)17-14(21)10-25-16-19-18-15(22)20(16)9-13-3-2-8-24-13/h4-7,13H,2-3,8-10H2,1H3,(H,17,21)(H,18,22)/t13-/m0/s1. The third-order valence-corrected chi connectivity index (χ3v) is 4.82. The molecule has 1 fully saturated rings. The lowest BCUT2D eigenvalue weighted by molar-refractivity contribution is -0.113. The maximum atomic E-state index is 12.1. The Morgan fingerprint density at radius 3 is 2.96 bits per heavy atom. The number of nitrogens with one attached hydrogen (secondary N) is 2. The number of aromatic nitrogens is 3. The second-order valence-corrected chi connectivity index (χ2v) is 6.56. The monoisotopic (exact) mass is 364 g/mol. The molecule has 8 nitrogen and oxygen atoms in total. The minimum Gasteiger partial charge on any atom is -0.497 e. The van der Waals surface area contributed by atoms with Gasteiger partial charge in [0, 0.05) is 12.3 Å². The van der Waals surface area contributed by atoms with Crippen LogP contribution < -0.4 is 15.7 Å². The number of ether oxygens (including phenoxy) is 2. The van der Waals surface area contributed by atoms with E-state index in [2.05, 4.69) is 15.5 Å². The molecule has 0 spiro atoms. The van der Waals surface area contributed by atoms with Crippen molar-refractivity contribution in [2.45, 2.75) is 30.6 Å². The molecule has 9 heteroatoms. The van der Waals surface area contributed by atoms with Crippen LogP contribution >= 0.6 is 11.8 Å². The average Bonchev–Trinajstić information content (AvgIpc) is 3.25. The second-order valence-electron chi connectivity index (χ2n) is 5.62. The summed E-state index contributed by atoms with van der Waals surface area (Å²) < 4.78 is 12.2. The van der Waals surface area contributed by atoms with E-state index in [0.717, 1.165) is 25.2 Å². The van der Waals surface area contributed by atoms with Gasteiger partial charge in [0.1, 0.15) is 5.75 Å². The van der Waals surface area contributed by atoms with Gasteiger partial charge in [-0.1, -0.05) is 11.8 Å². The van der Waals surface area contributed by atoms with Crippen molar-refractivity contribution < 1.29 is 14.3 Å². The first-order chi connectivity index (χ1) is 12.2. The van der Waals surface area contributed by atoms with Crippen molar-refractivity contribution >= 4 is 23.4 Å². The van der Waals surface area contributed by atoms with E-state index in [9.17, 15) is 9.59 Å². The van der Waals surface area contributed by atoms with Crippen LogP contribution in [0, 0.1) is 0 Å². The molecule has 1 saturated heterocycles. The predicted molar refractivity (Wildman–Crippen MR) is 94.2 cm³/mol. The first-order valence-corrected chi connectivity index (χ1v) is 8.98. The Balaban J connectivity index is 1.55. The van der Waals surface area contributed by atoms with Gasteiger partial charge in [-0.3, -0.25) is 9.36 Å². The lowest BCUT2D eigenvalue weighted by atomic mass is 10.2. The predicted octanol–water partition coefficient (Wildman–Crippen LogP) is 1.49. The zero-order chi connectivity index (χ0) is 17.6. The van der Waals surface area contributed by atoms with Gasteiger partial charge in [-0.15, -0.1) is 5.10 Å². The van der Waals surface area contributed by atoms with E-state index in [1.165, 1.54) is 16.3 Å². The number of amides is 1. The Kier molecular flexibility index (Phi) is 5.77. The zero-order valence-corrected chi connectivity index (χ0v) is 14.7. The van der Waals surface area contributed by atoms with Crippen molar-refractivity contribution in [3.05, 3.63) is 34.7 Å². The zero-order valence-electron chi connectivity index (χ0n) is 13.9. The Hall–Kier alpha value is -2.26. The number of carbonyl (C=O) groups excluding carboxylic acids is 1. The molecule has 1 amide bonds. The molecule has 2 heterocycles. The van der Waals surface area contributed by atoms with Crippen LogP contribution in [0.25, 0.3) is 0 Å². The Morgan fingerprint density at radius 2 is 2.28 bits per heavy atom. The van der Waals surface area contributed by atoms with Crippen LogP contribution in [0.4, 0.5) is 5.69 Å². The molecular formula is C16H20N4O4S. The molecule has 0 unspecified atom stereocenters. The van der Waals surface area contributed by atoms with Gasteiger partial charge < -0.3 is 14.8 Å². The van der Waals surface area contributed by atoms with Crippen LogP contribution in [0.5, 0.6) is 5.75 Å². The SMILES string of the molecule is COc1ccc(NC(=O)CSc2n[nH]c(=O)n2C[C@@H]2CCCO2)cc1. The van der Waals surface area contributed by atoms with Crippen molar-refractivity contribution in [3.63, 3.8) is 0 Å². The molecule has 2 N–H and O–H groups in total. The van der Waals surface area contributed by atoms with Gasteiger partial charge >= 0.3 is 5.69 Å². The Morgan fingerprint density at radius 1 is 1.48 bits per heavy atom. The summed E-state index contributed by atoms with van der Waals surface area (Å²) >= 11 is 1.21. The van der Waals surface area contributed by atoms with Crippen molar-refractivity contribution in [2.75, 3.05) is 24.8 Å². The highest BCUT2D eigenvalue weighted by Crippen LogP contribution is 2.19. The number of H-pyrrole nitrogens is 1. The van der Waals surface area contributed by atoms with E-state index < -0.39 is 0 Å². The molecule has 0 saturated carbocycles. The van der Waals surface area contributed by atoms with Crippen molar-refractivity contribution in [1.82, 2.24) is 14.8 Å². The lowest BCUT2D eigenvalue weighted by Crippen LogP contribution is -2.25. The summed E-state index contributed by atoms with van der Waals surface area (Å²) in [7, 11) is 1.59. The van der Waals surface area contributed by atoms with Crippen LogP contribution in [-0.4, -0.2) is 46.2 Å². The number of hydrogen-bond donors (Lipinski definition) is 2. The van der Waals surface area contributed by atoms with Crippen molar-refractivity contribution in [3.8, 4) is 5.75 Å². The largest absolute Gasteiger partial charge is 0.497 e. The molecule has 134 valence electrons. The smallest absolute Gasteiger partial charge is 0.344 e. The minimum absolute atomic E-state index is 0.0303. The van der Waals surface area contributed by atoms with Crippen LogP contribution in [0.3, 0.4) is 0 Å². The molecule has 1 aliphatic rings. The van der Waals surface area contributed by atoms with Gasteiger partial charge in [0.25, 0.3) is 0 Å². The summed E-state index contributed by atoms with van der Waals surface area (Å²) in [6.07, 6.45) is 1.96.